The number of rotatable bonds is 6. The van der Waals surface area contributed by atoms with Crippen molar-refractivity contribution in [3.8, 4) is 0 Å². The van der Waals surface area contributed by atoms with Gasteiger partial charge in [0.1, 0.15) is 0 Å². The zero-order valence-electron chi connectivity index (χ0n) is 15.6. The molecule has 0 aliphatic heterocycles. The van der Waals surface area contributed by atoms with Crippen molar-refractivity contribution in [2.24, 2.45) is 0 Å². The van der Waals surface area contributed by atoms with Crippen LogP contribution in [0.5, 0.6) is 0 Å². The molecule has 0 heterocycles. The lowest BCUT2D eigenvalue weighted by atomic mass is 9.99. The van der Waals surface area contributed by atoms with Crippen LogP contribution in [0.3, 0.4) is 0 Å². The Morgan fingerprint density at radius 1 is 0.964 bits per heavy atom. The molecule has 5 nitrogen and oxygen atoms in total. The molecule has 1 atom stereocenters. The molecule has 1 fully saturated rings. The molecule has 6 heteroatoms. The summed E-state index contributed by atoms with van der Waals surface area (Å²) < 4.78 is 27.1. The lowest BCUT2D eigenvalue weighted by molar-refractivity contribution is 0.0940. The lowest BCUT2D eigenvalue weighted by Crippen LogP contribution is -2.27. The first-order valence-electron chi connectivity index (χ1n) is 9.35. The van der Waals surface area contributed by atoms with Gasteiger partial charge in [-0.1, -0.05) is 42.5 Å². The Balaban J connectivity index is 1.50. The third-order valence-electron chi connectivity index (χ3n) is 4.96. The Morgan fingerprint density at radius 3 is 2.36 bits per heavy atom. The smallest absolute Gasteiger partial charge is 0.251 e. The minimum Gasteiger partial charge on any atom is -0.345 e. The minimum absolute atomic E-state index is 0.0505. The molecule has 0 unspecified atom stereocenters. The first-order chi connectivity index (χ1) is 13.4. The van der Waals surface area contributed by atoms with Gasteiger partial charge >= 0.3 is 0 Å². The Labute approximate surface area is 164 Å². The summed E-state index contributed by atoms with van der Waals surface area (Å²) in [6, 6.07) is 20.0. The molecule has 2 N–H and O–H groups in total. The fourth-order valence-corrected chi connectivity index (χ4v) is 4.56. The van der Waals surface area contributed by atoms with Gasteiger partial charge in [0.05, 0.1) is 10.9 Å². The molecule has 1 aliphatic rings. The molecule has 0 bridgehead atoms. The molecular weight excluding hydrogens is 372 g/mol. The number of fused-ring (bicyclic) bond motifs is 1. The Kier molecular flexibility index (Phi) is 4.91. The second-order valence-electron chi connectivity index (χ2n) is 7.18. The molecular formula is C22H22N2O3S. The molecule has 4 rings (SSSR count). The second kappa shape index (κ2) is 7.37. The molecule has 144 valence electrons. The molecule has 0 aromatic heterocycles. The molecule has 28 heavy (non-hydrogen) atoms. The van der Waals surface area contributed by atoms with E-state index in [2.05, 4.69) is 10.0 Å². The van der Waals surface area contributed by atoms with Crippen molar-refractivity contribution in [3.63, 3.8) is 0 Å². The predicted molar refractivity (Wildman–Crippen MR) is 110 cm³/mol. The van der Waals surface area contributed by atoms with Crippen LogP contribution >= 0.6 is 0 Å². The van der Waals surface area contributed by atoms with Gasteiger partial charge in [-0.3, -0.25) is 4.79 Å². The Morgan fingerprint density at radius 2 is 1.64 bits per heavy atom. The van der Waals surface area contributed by atoms with E-state index in [1.54, 1.807) is 12.1 Å². The molecule has 3 aromatic carbocycles. The van der Waals surface area contributed by atoms with E-state index >= 15 is 0 Å². The molecule has 1 saturated carbocycles. The maximum Gasteiger partial charge on any atom is 0.251 e. The van der Waals surface area contributed by atoms with Gasteiger partial charge in [-0.25, -0.2) is 13.1 Å². The number of benzene rings is 3. The van der Waals surface area contributed by atoms with Crippen LogP contribution in [0.25, 0.3) is 10.8 Å². The first-order valence-corrected chi connectivity index (χ1v) is 10.8. The quantitative estimate of drug-likeness (QED) is 0.668. The van der Waals surface area contributed by atoms with E-state index in [1.807, 2.05) is 49.4 Å². The van der Waals surface area contributed by atoms with Crippen LogP contribution in [0, 0.1) is 0 Å². The van der Waals surface area contributed by atoms with Gasteiger partial charge in [0, 0.05) is 11.6 Å². The van der Waals surface area contributed by atoms with Crippen LogP contribution in [0.2, 0.25) is 0 Å². The van der Waals surface area contributed by atoms with Gasteiger partial charge in [0.25, 0.3) is 5.91 Å². The monoisotopic (exact) mass is 394 g/mol. The van der Waals surface area contributed by atoms with Crippen molar-refractivity contribution in [3.05, 3.63) is 77.9 Å². The number of carbonyl (C=O) groups is 1. The van der Waals surface area contributed by atoms with E-state index in [0.717, 1.165) is 29.2 Å². The summed E-state index contributed by atoms with van der Waals surface area (Å²) in [5.41, 5.74) is 1.47. The Hall–Kier alpha value is -2.70. The third-order valence-corrected chi connectivity index (χ3v) is 6.50. The van der Waals surface area contributed by atoms with Crippen molar-refractivity contribution in [1.29, 1.82) is 0 Å². The first kappa shape index (κ1) is 18.7. The fraction of sp³-hybridized carbons (Fsp3) is 0.227. The maximum absolute atomic E-state index is 12.6. The van der Waals surface area contributed by atoms with E-state index < -0.39 is 10.0 Å². The molecule has 1 amide bonds. The van der Waals surface area contributed by atoms with E-state index in [0.29, 0.717) is 5.56 Å². The molecule has 0 saturated heterocycles. The summed E-state index contributed by atoms with van der Waals surface area (Å²) in [5.74, 6) is -0.237. The van der Waals surface area contributed by atoms with Crippen molar-refractivity contribution in [2.75, 3.05) is 0 Å². The van der Waals surface area contributed by atoms with Gasteiger partial charge in [-0.15, -0.1) is 0 Å². The summed E-state index contributed by atoms with van der Waals surface area (Å²) in [4.78, 5) is 12.8. The molecule has 0 radical (unpaired) electrons. The van der Waals surface area contributed by atoms with Gasteiger partial charge in [-0.2, -0.15) is 0 Å². The van der Waals surface area contributed by atoms with Gasteiger partial charge in [0.15, 0.2) is 0 Å². The van der Waals surface area contributed by atoms with Crippen LogP contribution in [0.4, 0.5) is 0 Å². The summed E-state index contributed by atoms with van der Waals surface area (Å²) >= 11 is 0. The topological polar surface area (TPSA) is 75.3 Å². The second-order valence-corrected chi connectivity index (χ2v) is 8.90. The van der Waals surface area contributed by atoms with Crippen LogP contribution in [0.15, 0.2) is 71.6 Å². The third kappa shape index (κ3) is 3.93. The zero-order chi connectivity index (χ0) is 19.7. The SMILES string of the molecule is C[C@@H](NC(=O)c1ccc(S(=O)(=O)NC2CC2)cc1)c1cccc2ccccc12. The molecule has 3 aromatic rings. The summed E-state index contributed by atoms with van der Waals surface area (Å²) in [5, 5.41) is 5.23. The average Bonchev–Trinajstić information content (AvgIpc) is 3.51. The van der Waals surface area contributed by atoms with Crippen molar-refractivity contribution in [2.45, 2.75) is 36.7 Å². The Bertz CT molecular complexity index is 1110. The number of nitrogens with one attached hydrogen (secondary N) is 2. The van der Waals surface area contributed by atoms with E-state index in [-0.39, 0.29) is 22.9 Å². The number of hydrogen-bond acceptors (Lipinski definition) is 3. The highest BCUT2D eigenvalue weighted by Crippen LogP contribution is 2.25. The number of amides is 1. The highest BCUT2D eigenvalue weighted by Gasteiger charge is 2.28. The van der Waals surface area contributed by atoms with E-state index in [4.69, 9.17) is 0 Å². The lowest BCUT2D eigenvalue weighted by Gasteiger charge is -2.17. The standard InChI is InChI=1S/C22H22N2O3S/c1-15(20-8-4-6-16-5-2-3-7-21(16)20)23-22(25)17-9-13-19(14-10-17)28(26,27)24-18-11-12-18/h2-10,13-15,18,24H,11-12H2,1H3,(H,23,25)/t15-/m1/s1. The number of sulfonamides is 1. The van der Waals surface area contributed by atoms with Crippen LogP contribution in [-0.4, -0.2) is 20.4 Å². The van der Waals surface area contributed by atoms with Crippen molar-refractivity contribution < 1.29 is 13.2 Å². The van der Waals surface area contributed by atoms with Crippen molar-refractivity contribution >= 4 is 26.7 Å². The fourth-order valence-electron chi connectivity index (χ4n) is 3.26. The summed E-state index contributed by atoms with van der Waals surface area (Å²) in [6.07, 6.45) is 1.76. The van der Waals surface area contributed by atoms with E-state index in [9.17, 15) is 13.2 Å². The summed E-state index contributed by atoms with van der Waals surface area (Å²) in [7, 11) is -3.51. The van der Waals surface area contributed by atoms with Crippen molar-refractivity contribution in [1.82, 2.24) is 10.0 Å². The predicted octanol–water partition coefficient (Wildman–Crippen LogP) is 3.77. The minimum atomic E-state index is -3.51. The zero-order valence-corrected chi connectivity index (χ0v) is 16.4. The van der Waals surface area contributed by atoms with Crippen LogP contribution < -0.4 is 10.0 Å². The molecule has 1 aliphatic carbocycles. The summed E-state index contributed by atoms with van der Waals surface area (Å²) in [6.45, 7) is 1.94. The van der Waals surface area contributed by atoms with Gasteiger partial charge in [-0.05, 0) is 60.4 Å². The van der Waals surface area contributed by atoms with Gasteiger partial charge in [0.2, 0.25) is 10.0 Å². The normalized spacial score (nSPS) is 15.3. The highest BCUT2D eigenvalue weighted by atomic mass is 32.2. The van der Waals surface area contributed by atoms with Gasteiger partial charge < -0.3 is 5.32 Å². The maximum atomic E-state index is 12.6. The number of carbonyl (C=O) groups excluding carboxylic acids is 1. The highest BCUT2D eigenvalue weighted by molar-refractivity contribution is 7.89. The number of hydrogen-bond donors (Lipinski definition) is 2. The molecule has 0 spiro atoms. The largest absolute Gasteiger partial charge is 0.345 e. The van der Waals surface area contributed by atoms with Crippen LogP contribution in [0.1, 0.15) is 41.7 Å². The van der Waals surface area contributed by atoms with E-state index in [1.165, 1.54) is 12.1 Å². The van der Waals surface area contributed by atoms with Crippen LogP contribution in [-0.2, 0) is 10.0 Å². The average molecular weight is 394 g/mol.